The molecule has 1 aromatic heterocycles. The Morgan fingerprint density at radius 1 is 1.14 bits per heavy atom. The summed E-state index contributed by atoms with van der Waals surface area (Å²) in [5, 5.41) is 40.3. The quantitative estimate of drug-likeness (QED) is 0.448. The van der Waals surface area contributed by atoms with E-state index < -0.39 is 43.3 Å². The standard InChI is InChI=1S/C19H24O10/c1-25-12(21)4-3-9-7-10-5-6-27-16(10)18(26-2)17(9)29-19-15(24)14(23)13(22)11(8-20)28-19/h5-7,11,13-15,19-20,22-24H,3-4,8H2,1-2H3. The van der Waals surface area contributed by atoms with Crippen molar-refractivity contribution < 1.29 is 48.6 Å². The van der Waals surface area contributed by atoms with Gasteiger partial charge in [-0.2, -0.15) is 0 Å². The lowest BCUT2D eigenvalue weighted by Crippen LogP contribution is -2.60. The minimum atomic E-state index is -1.60. The molecule has 1 aliphatic rings. The summed E-state index contributed by atoms with van der Waals surface area (Å²) in [7, 11) is 2.69. The molecule has 1 aliphatic heterocycles. The summed E-state index contributed by atoms with van der Waals surface area (Å²) < 4.78 is 26.8. The first-order valence-corrected chi connectivity index (χ1v) is 9.02. The fourth-order valence-corrected chi connectivity index (χ4v) is 3.24. The molecule has 0 radical (unpaired) electrons. The highest BCUT2D eigenvalue weighted by Gasteiger charge is 2.45. The molecule has 1 saturated heterocycles. The molecule has 5 unspecified atom stereocenters. The molecule has 2 heterocycles. The van der Waals surface area contributed by atoms with E-state index >= 15 is 0 Å². The maximum absolute atomic E-state index is 11.6. The van der Waals surface area contributed by atoms with Gasteiger partial charge in [-0.05, 0) is 24.1 Å². The number of esters is 1. The molecule has 5 atom stereocenters. The van der Waals surface area contributed by atoms with Gasteiger partial charge in [0.15, 0.2) is 11.3 Å². The second-order valence-corrected chi connectivity index (χ2v) is 6.63. The predicted octanol–water partition coefficient (Wildman–Crippen LogP) is -0.274. The van der Waals surface area contributed by atoms with Crippen LogP contribution >= 0.6 is 0 Å². The Balaban J connectivity index is 1.98. The minimum Gasteiger partial charge on any atom is -0.490 e. The molecule has 0 spiro atoms. The second-order valence-electron chi connectivity index (χ2n) is 6.63. The van der Waals surface area contributed by atoms with Crippen LogP contribution in [0.4, 0.5) is 0 Å². The lowest BCUT2D eigenvalue weighted by Gasteiger charge is -2.39. The first-order valence-electron chi connectivity index (χ1n) is 9.02. The number of benzene rings is 1. The number of aliphatic hydroxyl groups excluding tert-OH is 4. The number of fused-ring (bicyclic) bond motifs is 1. The average Bonchev–Trinajstić information content (AvgIpc) is 3.20. The van der Waals surface area contributed by atoms with E-state index in [-0.39, 0.29) is 24.3 Å². The molecule has 1 aromatic carbocycles. The van der Waals surface area contributed by atoms with Crippen molar-refractivity contribution in [3.8, 4) is 11.5 Å². The number of carbonyl (C=O) groups is 1. The molecule has 0 aliphatic carbocycles. The van der Waals surface area contributed by atoms with E-state index in [1.807, 2.05) is 0 Å². The third-order valence-electron chi connectivity index (χ3n) is 4.84. The van der Waals surface area contributed by atoms with Crippen LogP contribution in [0.2, 0.25) is 0 Å². The zero-order chi connectivity index (χ0) is 21.1. The van der Waals surface area contributed by atoms with Crippen LogP contribution in [0.3, 0.4) is 0 Å². The minimum absolute atomic E-state index is 0.0635. The number of furan rings is 1. The Hall–Kier alpha value is -2.37. The van der Waals surface area contributed by atoms with Crippen LogP contribution in [0, 0.1) is 0 Å². The van der Waals surface area contributed by atoms with Gasteiger partial charge in [0.1, 0.15) is 24.4 Å². The van der Waals surface area contributed by atoms with E-state index in [1.54, 1.807) is 12.1 Å². The fraction of sp³-hybridized carbons (Fsp3) is 0.526. The summed E-state index contributed by atoms with van der Waals surface area (Å²) in [6.07, 6.45) is -5.48. The average molecular weight is 412 g/mol. The Kier molecular flexibility index (Phi) is 6.60. The Morgan fingerprint density at radius 2 is 1.90 bits per heavy atom. The van der Waals surface area contributed by atoms with Crippen molar-refractivity contribution >= 4 is 16.9 Å². The predicted molar refractivity (Wildman–Crippen MR) is 97.5 cm³/mol. The van der Waals surface area contributed by atoms with E-state index in [1.165, 1.54) is 20.5 Å². The lowest BCUT2D eigenvalue weighted by molar-refractivity contribution is -0.277. The number of hydrogen-bond acceptors (Lipinski definition) is 10. The summed E-state index contributed by atoms with van der Waals surface area (Å²) in [4.78, 5) is 11.6. The van der Waals surface area contributed by atoms with Crippen LogP contribution < -0.4 is 9.47 Å². The van der Waals surface area contributed by atoms with Crippen LogP contribution in [-0.2, 0) is 20.7 Å². The molecule has 10 heteroatoms. The van der Waals surface area contributed by atoms with Gasteiger partial charge in [0.05, 0.1) is 27.1 Å². The molecular weight excluding hydrogens is 388 g/mol. The highest BCUT2D eigenvalue weighted by Crippen LogP contribution is 2.41. The van der Waals surface area contributed by atoms with Gasteiger partial charge >= 0.3 is 5.97 Å². The third-order valence-corrected chi connectivity index (χ3v) is 4.84. The number of aliphatic hydroxyl groups is 4. The number of ether oxygens (including phenoxy) is 4. The lowest BCUT2D eigenvalue weighted by atomic mass is 9.99. The molecular formula is C19H24O10. The van der Waals surface area contributed by atoms with Crippen molar-refractivity contribution in [3.63, 3.8) is 0 Å². The van der Waals surface area contributed by atoms with Crippen molar-refractivity contribution in [1.29, 1.82) is 0 Å². The van der Waals surface area contributed by atoms with Crippen molar-refractivity contribution in [3.05, 3.63) is 24.0 Å². The summed E-state index contributed by atoms with van der Waals surface area (Å²) in [6, 6.07) is 3.46. The molecule has 0 saturated carbocycles. The smallest absolute Gasteiger partial charge is 0.305 e. The largest absolute Gasteiger partial charge is 0.490 e. The van der Waals surface area contributed by atoms with Gasteiger partial charge in [0.2, 0.25) is 12.0 Å². The molecule has 3 rings (SSSR count). The van der Waals surface area contributed by atoms with E-state index in [4.69, 9.17) is 18.6 Å². The van der Waals surface area contributed by atoms with Crippen molar-refractivity contribution in [2.45, 2.75) is 43.5 Å². The summed E-state index contributed by atoms with van der Waals surface area (Å²) in [6.45, 7) is -0.589. The van der Waals surface area contributed by atoms with Crippen molar-refractivity contribution in [2.24, 2.45) is 0 Å². The molecule has 2 aromatic rings. The Morgan fingerprint density at radius 3 is 2.55 bits per heavy atom. The van der Waals surface area contributed by atoms with E-state index in [2.05, 4.69) is 4.74 Å². The number of hydrogen-bond donors (Lipinski definition) is 4. The molecule has 1 fully saturated rings. The van der Waals surface area contributed by atoms with Crippen LogP contribution in [0.1, 0.15) is 12.0 Å². The summed E-state index contributed by atoms with van der Waals surface area (Å²) in [5.41, 5.74) is 0.937. The van der Waals surface area contributed by atoms with Gasteiger partial charge in [-0.3, -0.25) is 4.79 Å². The number of rotatable bonds is 7. The van der Waals surface area contributed by atoms with Crippen LogP contribution in [0.5, 0.6) is 11.5 Å². The monoisotopic (exact) mass is 412 g/mol. The molecule has 29 heavy (non-hydrogen) atoms. The van der Waals surface area contributed by atoms with Gasteiger partial charge in [0, 0.05) is 11.8 Å². The van der Waals surface area contributed by atoms with Crippen LogP contribution in [0.15, 0.2) is 22.8 Å². The Bertz CT molecular complexity index is 845. The molecule has 0 bridgehead atoms. The van der Waals surface area contributed by atoms with Gasteiger partial charge in [-0.1, -0.05) is 0 Å². The molecule has 160 valence electrons. The zero-order valence-corrected chi connectivity index (χ0v) is 16.0. The molecule has 4 N–H and O–H groups in total. The molecule has 0 amide bonds. The highest BCUT2D eigenvalue weighted by atomic mass is 16.7. The second kappa shape index (κ2) is 8.97. The SMILES string of the molecule is COC(=O)CCc1cc2ccoc2c(OC)c1OC1OC(CO)C(O)C(O)C1O. The van der Waals surface area contributed by atoms with E-state index in [0.29, 0.717) is 16.5 Å². The van der Waals surface area contributed by atoms with Gasteiger partial charge in [-0.15, -0.1) is 0 Å². The number of carbonyl (C=O) groups excluding carboxylic acids is 1. The molecule has 10 nitrogen and oxygen atoms in total. The van der Waals surface area contributed by atoms with E-state index in [9.17, 15) is 25.2 Å². The highest BCUT2D eigenvalue weighted by molar-refractivity contribution is 5.87. The third kappa shape index (κ3) is 4.16. The topological polar surface area (TPSA) is 148 Å². The summed E-state index contributed by atoms with van der Waals surface area (Å²) >= 11 is 0. The van der Waals surface area contributed by atoms with Crippen molar-refractivity contribution in [2.75, 3.05) is 20.8 Å². The van der Waals surface area contributed by atoms with Gasteiger partial charge in [-0.25, -0.2) is 0 Å². The zero-order valence-electron chi connectivity index (χ0n) is 16.0. The van der Waals surface area contributed by atoms with Gasteiger partial charge in [0.25, 0.3) is 0 Å². The fourth-order valence-electron chi connectivity index (χ4n) is 3.24. The maximum Gasteiger partial charge on any atom is 0.305 e. The summed E-state index contributed by atoms with van der Waals surface area (Å²) in [5.74, 6) is -0.0671. The van der Waals surface area contributed by atoms with Crippen LogP contribution in [-0.4, -0.2) is 77.9 Å². The van der Waals surface area contributed by atoms with E-state index in [0.717, 1.165) is 0 Å². The van der Waals surface area contributed by atoms with Gasteiger partial charge < -0.3 is 43.8 Å². The maximum atomic E-state index is 11.6. The van der Waals surface area contributed by atoms with Crippen LogP contribution in [0.25, 0.3) is 11.0 Å². The number of methoxy groups -OCH3 is 2. The first-order chi connectivity index (χ1) is 13.9. The Labute approximate surface area is 166 Å². The number of aryl methyl sites for hydroxylation is 1. The van der Waals surface area contributed by atoms with Crippen molar-refractivity contribution in [1.82, 2.24) is 0 Å². The first kappa shape index (κ1) is 21.3. The normalized spacial score (nSPS) is 27.0.